The van der Waals surface area contributed by atoms with Gasteiger partial charge in [0, 0.05) is 12.1 Å². The normalized spacial score (nSPS) is 16.2. The molecule has 0 aliphatic carbocycles. The molecule has 0 unspecified atom stereocenters. The van der Waals surface area contributed by atoms with E-state index in [1.54, 1.807) is 24.5 Å². The summed E-state index contributed by atoms with van der Waals surface area (Å²) in [4.78, 5) is 0. The molecular weight excluding hydrogens is 295 g/mol. The van der Waals surface area contributed by atoms with Gasteiger partial charge in [0.2, 0.25) is 0 Å². The minimum absolute atomic E-state index is 0.258. The number of hydrogen-bond donors (Lipinski definition) is 2. The highest BCUT2D eigenvalue weighted by Gasteiger charge is 2.43. The second kappa shape index (κ2) is 5.90. The highest BCUT2D eigenvalue weighted by Crippen LogP contribution is 2.38. The largest absolute Gasteiger partial charge is 0.656 e. The van der Waals surface area contributed by atoms with E-state index in [0.29, 0.717) is 17.4 Å². The van der Waals surface area contributed by atoms with Crippen molar-refractivity contribution < 1.29 is 9.31 Å². The van der Waals surface area contributed by atoms with Gasteiger partial charge in [-0.25, -0.2) is 10.2 Å². The SMILES string of the molecule is CC(C)C1=C(B(Oc2ccn[nH]2)Oc2ccn[nH]2)N=NC1(C)C. The Labute approximate surface area is 134 Å². The third-order valence-electron chi connectivity index (χ3n) is 3.56. The Balaban J connectivity index is 1.96. The molecule has 0 saturated carbocycles. The Morgan fingerprint density at radius 2 is 1.61 bits per heavy atom. The van der Waals surface area contributed by atoms with Crippen LogP contribution in [0.4, 0.5) is 0 Å². The molecule has 2 N–H and O–H groups in total. The van der Waals surface area contributed by atoms with Crippen LogP contribution in [-0.4, -0.2) is 33.1 Å². The molecular formula is C14H19BN6O2. The van der Waals surface area contributed by atoms with Crippen LogP contribution in [0.2, 0.25) is 0 Å². The molecule has 0 spiro atoms. The van der Waals surface area contributed by atoms with Gasteiger partial charge < -0.3 is 9.31 Å². The fourth-order valence-corrected chi connectivity index (χ4v) is 2.76. The second-order valence-electron chi connectivity index (χ2n) is 6.12. The molecule has 0 aromatic carbocycles. The zero-order valence-electron chi connectivity index (χ0n) is 13.6. The molecule has 23 heavy (non-hydrogen) atoms. The summed E-state index contributed by atoms with van der Waals surface area (Å²) in [5.74, 6) is 1.24. The van der Waals surface area contributed by atoms with Crippen LogP contribution in [0.1, 0.15) is 27.7 Å². The van der Waals surface area contributed by atoms with Gasteiger partial charge in [0.1, 0.15) is 5.60 Å². The van der Waals surface area contributed by atoms with Crippen LogP contribution in [0, 0.1) is 5.92 Å². The predicted molar refractivity (Wildman–Crippen MR) is 85.0 cm³/mol. The first-order chi connectivity index (χ1) is 11.0. The van der Waals surface area contributed by atoms with Crippen molar-refractivity contribution in [2.24, 2.45) is 16.1 Å². The van der Waals surface area contributed by atoms with Crippen LogP contribution in [0.15, 0.2) is 45.9 Å². The molecule has 8 nitrogen and oxygen atoms in total. The van der Waals surface area contributed by atoms with Crippen LogP contribution in [0.5, 0.6) is 11.8 Å². The average molecular weight is 314 g/mol. The Morgan fingerprint density at radius 3 is 2.04 bits per heavy atom. The Bertz CT molecular complexity index is 669. The number of nitrogens with zero attached hydrogens (tertiary/aromatic N) is 4. The molecule has 0 fully saturated rings. The number of azo groups is 1. The van der Waals surface area contributed by atoms with Crippen molar-refractivity contribution in [1.29, 1.82) is 0 Å². The van der Waals surface area contributed by atoms with Crippen molar-refractivity contribution in [3.63, 3.8) is 0 Å². The van der Waals surface area contributed by atoms with E-state index in [1.807, 2.05) is 13.8 Å². The summed E-state index contributed by atoms with van der Waals surface area (Å²) < 4.78 is 11.8. The summed E-state index contributed by atoms with van der Waals surface area (Å²) in [7, 11) is -0.751. The summed E-state index contributed by atoms with van der Waals surface area (Å²) in [5, 5.41) is 22.0. The molecule has 0 bridgehead atoms. The highest BCUT2D eigenvalue weighted by molar-refractivity contribution is 6.55. The van der Waals surface area contributed by atoms with Crippen molar-refractivity contribution in [1.82, 2.24) is 20.4 Å². The Kier molecular flexibility index (Phi) is 3.93. The lowest BCUT2D eigenvalue weighted by Crippen LogP contribution is -2.35. The van der Waals surface area contributed by atoms with Crippen molar-refractivity contribution in [2.75, 3.05) is 0 Å². The third kappa shape index (κ3) is 3.13. The van der Waals surface area contributed by atoms with Crippen LogP contribution in [-0.2, 0) is 0 Å². The topological polar surface area (TPSA) is 101 Å². The van der Waals surface area contributed by atoms with Gasteiger partial charge in [-0.2, -0.15) is 20.4 Å². The lowest BCUT2D eigenvalue weighted by atomic mass is 9.74. The monoisotopic (exact) mass is 314 g/mol. The quantitative estimate of drug-likeness (QED) is 0.800. The maximum absolute atomic E-state index is 5.89. The van der Waals surface area contributed by atoms with Crippen molar-refractivity contribution in [2.45, 2.75) is 33.2 Å². The van der Waals surface area contributed by atoms with E-state index in [0.717, 1.165) is 5.57 Å². The van der Waals surface area contributed by atoms with E-state index < -0.39 is 7.12 Å². The number of rotatable bonds is 6. The first-order valence-corrected chi connectivity index (χ1v) is 7.47. The number of aromatic amines is 2. The van der Waals surface area contributed by atoms with Crippen LogP contribution < -0.4 is 9.31 Å². The van der Waals surface area contributed by atoms with Crippen molar-refractivity contribution in [3.05, 3.63) is 35.7 Å². The first kappa shape index (κ1) is 15.3. The molecule has 3 heterocycles. The number of hydrogen-bond acceptors (Lipinski definition) is 6. The van der Waals surface area contributed by atoms with Crippen molar-refractivity contribution in [3.8, 4) is 11.8 Å². The summed E-state index contributed by atoms with van der Waals surface area (Å²) in [6, 6.07) is 3.44. The van der Waals surface area contributed by atoms with Gasteiger partial charge in [0.05, 0.1) is 17.9 Å². The number of aromatic nitrogens is 4. The van der Waals surface area contributed by atoms with Gasteiger partial charge in [-0.05, 0) is 25.3 Å². The first-order valence-electron chi connectivity index (χ1n) is 7.47. The Hall–Kier alpha value is -2.58. The van der Waals surface area contributed by atoms with E-state index in [-0.39, 0.29) is 11.5 Å². The van der Waals surface area contributed by atoms with E-state index in [1.165, 1.54) is 0 Å². The minimum Gasteiger partial charge on any atom is -0.507 e. The second-order valence-corrected chi connectivity index (χ2v) is 6.12. The van der Waals surface area contributed by atoms with Crippen LogP contribution >= 0.6 is 0 Å². The molecule has 1 aliphatic rings. The van der Waals surface area contributed by atoms with E-state index in [2.05, 4.69) is 44.5 Å². The molecule has 120 valence electrons. The average Bonchev–Trinajstić information content (AvgIpc) is 3.18. The molecule has 0 amide bonds. The minimum atomic E-state index is -0.751. The maximum atomic E-state index is 5.89. The smallest absolute Gasteiger partial charge is 0.507 e. The fourth-order valence-electron chi connectivity index (χ4n) is 2.76. The van der Waals surface area contributed by atoms with Gasteiger partial charge in [-0.15, -0.1) is 0 Å². The van der Waals surface area contributed by atoms with Gasteiger partial charge >= 0.3 is 7.12 Å². The summed E-state index contributed by atoms with van der Waals surface area (Å²) in [6.45, 7) is 8.28. The van der Waals surface area contributed by atoms with Crippen LogP contribution in [0.25, 0.3) is 0 Å². The highest BCUT2D eigenvalue weighted by atomic mass is 16.6. The molecule has 3 rings (SSSR count). The zero-order chi connectivity index (χ0) is 16.4. The fraction of sp³-hybridized carbons (Fsp3) is 0.429. The lowest BCUT2D eigenvalue weighted by Gasteiger charge is -2.23. The van der Waals surface area contributed by atoms with Gasteiger partial charge in [0.15, 0.2) is 11.8 Å². The van der Waals surface area contributed by atoms with Crippen LogP contribution in [0.3, 0.4) is 0 Å². The third-order valence-corrected chi connectivity index (χ3v) is 3.56. The Morgan fingerprint density at radius 1 is 1.04 bits per heavy atom. The zero-order valence-corrected chi connectivity index (χ0v) is 13.6. The van der Waals surface area contributed by atoms with Gasteiger partial charge in [-0.3, -0.25) is 0 Å². The molecule has 0 atom stereocenters. The predicted octanol–water partition coefficient (Wildman–Crippen LogP) is 2.77. The van der Waals surface area contributed by atoms with E-state index >= 15 is 0 Å². The molecule has 2 aromatic rings. The van der Waals surface area contributed by atoms with E-state index in [4.69, 9.17) is 9.31 Å². The molecule has 1 aliphatic heterocycles. The van der Waals surface area contributed by atoms with Gasteiger partial charge in [0.25, 0.3) is 0 Å². The lowest BCUT2D eigenvalue weighted by molar-refractivity contribution is 0.411. The molecule has 9 heteroatoms. The maximum Gasteiger partial charge on any atom is 0.656 e. The summed E-state index contributed by atoms with van der Waals surface area (Å²) >= 11 is 0. The number of nitrogens with one attached hydrogen (secondary N) is 2. The number of H-pyrrole nitrogens is 2. The van der Waals surface area contributed by atoms with E-state index in [9.17, 15) is 0 Å². The molecule has 0 saturated heterocycles. The van der Waals surface area contributed by atoms with Crippen molar-refractivity contribution >= 4 is 7.12 Å². The molecule has 0 radical (unpaired) electrons. The van der Waals surface area contributed by atoms with Gasteiger partial charge in [-0.1, -0.05) is 13.8 Å². The standard InChI is InChI=1S/C14H19BN6O2/c1-9(2)12-13(20-21-14(12,3)4)15(22-10-5-7-16-18-10)23-11-6-8-17-19-11/h5-9H,1-4H3,(H,16,18)(H,17,19). The molecule has 2 aromatic heterocycles. The summed E-state index contributed by atoms with van der Waals surface area (Å²) in [5.41, 5.74) is 1.38. The summed E-state index contributed by atoms with van der Waals surface area (Å²) in [6.07, 6.45) is 3.22.